The van der Waals surface area contributed by atoms with Crippen LogP contribution in [0.5, 0.6) is 0 Å². The standard InChI is InChI=1S/C12H10N6/c1-3-7-13-9(5-1)11-15-17-12(18-16-11)10-6-2-4-8-14-10/h1,3,5-8H,2,4H2. The van der Waals surface area contributed by atoms with Gasteiger partial charge in [0, 0.05) is 12.4 Å². The Morgan fingerprint density at radius 3 is 2.39 bits per heavy atom. The van der Waals surface area contributed by atoms with E-state index in [1.165, 1.54) is 0 Å². The monoisotopic (exact) mass is 238 g/mol. The molecule has 0 fully saturated rings. The van der Waals surface area contributed by atoms with Gasteiger partial charge in [0.15, 0.2) is 0 Å². The molecule has 6 heteroatoms. The molecule has 1 aliphatic heterocycles. The lowest BCUT2D eigenvalue weighted by Crippen LogP contribution is -2.03. The van der Waals surface area contributed by atoms with Gasteiger partial charge in [-0.15, -0.1) is 20.4 Å². The quantitative estimate of drug-likeness (QED) is 0.793. The predicted octanol–water partition coefficient (Wildman–Crippen LogP) is 1.53. The Balaban J connectivity index is 1.90. The van der Waals surface area contributed by atoms with E-state index in [0.29, 0.717) is 17.3 Å². The average Bonchev–Trinajstić information content (AvgIpc) is 2.49. The highest BCUT2D eigenvalue weighted by molar-refractivity contribution is 5.73. The lowest BCUT2D eigenvalue weighted by atomic mass is 10.2. The van der Waals surface area contributed by atoms with Crippen LogP contribution in [0.4, 0.5) is 0 Å². The Hall–Kier alpha value is -2.50. The molecule has 0 saturated carbocycles. The van der Waals surface area contributed by atoms with Crippen molar-refractivity contribution >= 4 is 11.9 Å². The number of nitrogens with zero attached hydrogens (tertiary/aromatic N) is 6. The summed E-state index contributed by atoms with van der Waals surface area (Å²) in [5.74, 6) is 0.866. The van der Waals surface area contributed by atoms with Gasteiger partial charge in [-0.05, 0) is 25.0 Å². The van der Waals surface area contributed by atoms with Crippen molar-refractivity contribution < 1.29 is 0 Å². The zero-order valence-electron chi connectivity index (χ0n) is 9.56. The first-order chi connectivity index (χ1) is 8.93. The minimum absolute atomic E-state index is 0.416. The van der Waals surface area contributed by atoms with E-state index in [4.69, 9.17) is 0 Å². The molecule has 0 aliphatic carbocycles. The van der Waals surface area contributed by atoms with E-state index in [2.05, 4.69) is 30.4 Å². The Kier molecular flexibility index (Phi) is 2.83. The van der Waals surface area contributed by atoms with Gasteiger partial charge in [0.05, 0.1) is 0 Å². The second-order valence-corrected chi connectivity index (χ2v) is 3.74. The molecule has 88 valence electrons. The van der Waals surface area contributed by atoms with E-state index in [0.717, 1.165) is 18.5 Å². The van der Waals surface area contributed by atoms with E-state index in [1.807, 2.05) is 30.5 Å². The van der Waals surface area contributed by atoms with Crippen LogP contribution in [0.1, 0.15) is 18.7 Å². The topological polar surface area (TPSA) is 76.8 Å². The first kappa shape index (κ1) is 10.6. The average molecular weight is 238 g/mol. The minimum Gasteiger partial charge on any atom is -0.257 e. The fourth-order valence-electron chi connectivity index (χ4n) is 1.59. The highest BCUT2D eigenvalue weighted by atomic mass is 15.3. The van der Waals surface area contributed by atoms with Crippen LogP contribution in [-0.4, -0.2) is 31.6 Å². The van der Waals surface area contributed by atoms with Crippen molar-refractivity contribution in [3.63, 3.8) is 0 Å². The van der Waals surface area contributed by atoms with E-state index in [9.17, 15) is 0 Å². The van der Waals surface area contributed by atoms with Crippen molar-refractivity contribution in [3.8, 4) is 11.5 Å². The Morgan fingerprint density at radius 1 is 0.889 bits per heavy atom. The predicted molar refractivity (Wildman–Crippen MR) is 66.6 cm³/mol. The molecule has 3 heterocycles. The number of pyridine rings is 1. The van der Waals surface area contributed by atoms with Crippen molar-refractivity contribution in [1.82, 2.24) is 25.4 Å². The molecular formula is C12H10N6. The van der Waals surface area contributed by atoms with Gasteiger partial charge in [0.1, 0.15) is 11.4 Å². The molecule has 2 aromatic rings. The molecule has 0 atom stereocenters. The molecule has 0 saturated heterocycles. The number of hydrogen-bond acceptors (Lipinski definition) is 6. The second-order valence-electron chi connectivity index (χ2n) is 3.74. The van der Waals surface area contributed by atoms with E-state index < -0.39 is 0 Å². The van der Waals surface area contributed by atoms with Crippen LogP contribution in [0.3, 0.4) is 0 Å². The van der Waals surface area contributed by atoms with E-state index in [-0.39, 0.29) is 0 Å². The SMILES string of the molecule is C1=NC(c2nnc(-c3ccccn3)nn2)=CCC1. The second kappa shape index (κ2) is 4.79. The molecule has 0 N–H and O–H groups in total. The zero-order valence-corrected chi connectivity index (χ0v) is 9.56. The molecule has 0 spiro atoms. The summed E-state index contributed by atoms with van der Waals surface area (Å²) in [4.78, 5) is 8.36. The summed E-state index contributed by atoms with van der Waals surface area (Å²) in [7, 11) is 0. The molecule has 0 aromatic carbocycles. The Labute approximate surface area is 104 Å². The van der Waals surface area contributed by atoms with Crippen LogP contribution in [-0.2, 0) is 0 Å². The highest BCUT2D eigenvalue weighted by Gasteiger charge is 2.09. The number of hydrogen-bond donors (Lipinski definition) is 0. The fraction of sp³-hybridized carbons (Fsp3) is 0.167. The van der Waals surface area contributed by atoms with E-state index in [1.54, 1.807) is 6.20 Å². The third-order valence-corrected chi connectivity index (χ3v) is 2.47. The van der Waals surface area contributed by atoms with Gasteiger partial charge < -0.3 is 0 Å². The summed E-state index contributed by atoms with van der Waals surface area (Å²) in [6.45, 7) is 0. The molecular weight excluding hydrogens is 228 g/mol. The first-order valence-corrected chi connectivity index (χ1v) is 5.65. The minimum atomic E-state index is 0.416. The lowest BCUT2D eigenvalue weighted by Gasteiger charge is -2.03. The van der Waals surface area contributed by atoms with Gasteiger partial charge in [-0.3, -0.25) is 9.98 Å². The van der Waals surface area contributed by atoms with Crippen LogP contribution in [0.2, 0.25) is 0 Å². The smallest absolute Gasteiger partial charge is 0.221 e. The molecule has 6 nitrogen and oxygen atoms in total. The maximum atomic E-state index is 4.22. The summed E-state index contributed by atoms with van der Waals surface area (Å²) in [5, 5.41) is 16.1. The third-order valence-electron chi connectivity index (χ3n) is 2.47. The molecule has 0 unspecified atom stereocenters. The Morgan fingerprint density at radius 2 is 1.72 bits per heavy atom. The maximum Gasteiger partial charge on any atom is 0.221 e. The van der Waals surface area contributed by atoms with Crippen molar-refractivity contribution in [2.45, 2.75) is 12.8 Å². The summed E-state index contributed by atoms with van der Waals surface area (Å²) in [6.07, 6.45) is 7.42. The van der Waals surface area contributed by atoms with Gasteiger partial charge >= 0.3 is 0 Å². The van der Waals surface area contributed by atoms with Crippen LogP contribution < -0.4 is 0 Å². The summed E-state index contributed by atoms with van der Waals surface area (Å²) in [5.41, 5.74) is 1.39. The summed E-state index contributed by atoms with van der Waals surface area (Å²) < 4.78 is 0. The number of aliphatic imine (C=N–C) groups is 1. The van der Waals surface area contributed by atoms with Crippen molar-refractivity contribution in [1.29, 1.82) is 0 Å². The fourth-order valence-corrected chi connectivity index (χ4v) is 1.59. The van der Waals surface area contributed by atoms with Gasteiger partial charge in [-0.25, -0.2) is 0 Å². The molecule has 3 rings (SSSR count). The molecule has 1 aliphatic rings. The third kappa shape index (κ3) is 2.13. The van der Waals surface area contributed by atoms with Crippen LogP contribution in [0, 0.1) is 0 Å². The maximum absolute atomic E-state index is 4.22. The number of allylic oxidation sites excluding steroid dienone is 1. The van der Waals surface area contributed by atoms with Gasteiger partial charge in [0.25, 0.3) is 0 Å². The summed E-state index contributed by atoms with van der Waals surface area (Å²) >= 11 is 0. The number of aromatic nitrogens is 5. The molecule has 2 aromatic heterocycles. The van der Waals surface area contributed by atoms with Gasteiger partial charge in [0.2, 0.25) is 11.6 Å². The van der Waals surface area contributed by atoms with Crippen molar-refractivity contribution in [2.24, 2.45) is 4.99 Å². The highest BCUT2D eigenvalue weighted by Crippen LogP contribution is 2.15. The zero-order chi connectivity index (χ0) is 12.2. The van der Waals surface area contributed by atoms with Crippen molar-refractivity contribution in [3.05, 3.63) is 36.3 Å². The van der Waals surface area contributed by atoms with Gasteiger partial charge in [-0.2, -0.15) is 0 Å². The van der Waals surface area contributed by atoms with Crippen LogP contribution in [0.15, 0.2) is 35.5 Å². The normalized spacial score (nSPS) is 14.3. The number of rotatable bonds is 2. The lowest BCUT2D eigenvalue weighted by molar-refractivity contribution is 0.834. The largest absolute Gasteiger partial charge is 0.257 e. The van der Waals surface area contributed by atoms with Crippen molar-refractivity contribution in [2.75, 3.05) is 0 Å². The Bertz CT molecular complexity index is 588. The summed E-state index contributed by atoms with van der Waals surface area (Å²) in [6, 6.07) is 5.52. The molecule has 0 bridgehead atoms. The first-order valence-electron chi connectivity index (χ1n) is 5.65. The van der Waals surface area contributed by atoms with Crippen LogP contribution >= 0.6 is 0 Å². The molecule has 0 radical (unpaired) electrons. The molecule has 0 amide bonds. The van der Waals surface area contributed by atoms with Gasteiger partial charge in [-0.1, -0.05) is 12.1 Å². The van der Waals surface area contributed by atoms with Crippen LogP contribution in [0.25, 0.3) is 17.2 Å². The molecule has 18 heavy (non-hydrogen) atoms. The van der Waals surface area contributed by atoms with E-state index >= 15 is 0 Å².